The van der Waals surface area contributed by atoms with Gasteiger partial charge in [0, 0.05) is 13.0 Å². The molecule has 0 saturated carbocycles. The summed E-state index contributed by atoms with van der Waals surface area (Å²) in [6.07, 6.45) is 0. The predicted molar refractivity (Wildman–Crippen MR) is 70.2 cm³/mol. The van der Waals surface area contributed by atoms with E-state index in [0.29, 0.717) is 18.3 Å². The second-order valence-electron chi connectivity index (χ2n) is 4.69. The summed E-state index contributed by atoms with van der Waals surface area (Å²) in [6, 6.07) is 6.77. The van der Waals surface area contributed by atoms with Crippen molar-refractivity contribution in [3.8, 4) is 0 Å². The van der Waals surface area contributed by atoms with Crippen LogP contribution in [0.1, 0.15) is 41.4 Å². The summed E-state index contributed by atoms with van der Waals surface area (Å²) in [5.41, 5.74) is 3.89. The van der Waals surface area contributed by atoms with Crippen molar-refractivity contribution in [1.29, 1.82) is 0 Å². The molecule has 4 heteroatoms. The average Bonchev–Trinajstić information content (AvgIpc) is 2.75. The minimum absolute atomic E-state index is 0.267. The lowest BCUT2D eigenvalue weighted by molar-refractivity contribution is 0.384. The Morgan fingerprint density at radius 3 is 2.72 bits per heavy atom. The van der Waals surface area contributed by atoms with Gasteiger partial charge in [-0.15, -0.1) is 0 Å². The molecule has 96 valence electrons. The Hall–Kier alpha value is -1.68. The first-order valence-electron chi connectivity index (χ1n) is 6.16. The van der Waals surface area contributed by atoms with Crippen LogP contribution < -0.4 is 5.32 Å². The largest absolute Gasteiger partial charge is 0.340 e. The molecule has 1 aromatic heterocycles. The topological polar surface area (TPSA) is 51.0 Å². The molecule has 0 amide bonds. The fraction of sp³-hybridized carbons (Fsp3) is 0.429. The number of rotatable bonds is 4. The quantitative estimate of drug-likeness (QED) is 0.900. The van der Waals surface area contributed by atoms with Gasteiger partial charge in [0.1, 0.15) is 0 Å². The van der Waals surface area contributed by atoms with Gasteiger partial charge in [-0.3, -0.25) is 0 Å². The molecule has 0 fully saturated rings. The van der Waals surface area contributed by atoms with Crippen LogP contribution in [0, 0.1) is 20.8 Å². The van der Waals surface area contributed by atoms with E-state index in [1.54, 1.807) is 6.92 Å². The Bertz CT molecular complexity index is 534. The first-order chi connectivity index (χ1) is 8.56. The summed E-state index contributed by atoms with van der Waals surface area (Å²) in [5.74, 6) is 1.30. The molecule has 1 atom stereocenters. The van der Waals surface area contributed by atoms with Gasteiger partial charge < -0.3 is 9.84 Å². The van der Waals surface area contributed by atoms with Crippen molar-refractivity contribution in [2.45, 2.75) is 40.3 Å². The first kappa shape index (κ1) is 12.8. The van der Waals surface area contributed by atoms with Crippen molar-refractivity contribution in [3.05, 3.63) is 46.6 Å². The highest BCUT2D eigenvalue weighted by Gasteiger charge is 2.10. The van der Waals surface area contributed by atoms with E-state index in [0.717, 1.165) is 0 Å². The zero-order chi connectivity index (χ0) is 13.1. The highest BCUT2D eigenvalue weighted by molar-refractivity contribution is 5.32. The van der Waals surface area contributed by atoms with Crippen LogP contribution in [0.25, 0.3) is 0 Å². The monoisotopic (exact) mass is 245 g/mol. The number of aromatic nitrogens is 2. The molecule has 18 heavy (non-hydrogen) atoms. The minimum atomic E-state index is 0.267. The van der Waals surface area contributed by atoms with Crippen LogP contribution in [0.4, 0.5) is 0 Å². The van der Waals surface area contributed by atoms with Crippen LogP contribution in [0.5, 0.6) is 0 Å². The molecule has 0 bridgehead atoms. The average molecular weight is 245 g/mol. The maximum absolute atomic E-state index is 4.94. The number of hydrogen-bond acceptors (Lipinski definition) is 4. The third-order valence-electron chi connectivity index (χ3n) is 3.04. The van der Waals surface area contributed by atoms with Crippen molar-refractivity contribution in [2.75, 3.05) is 0 Å². The van der Waals surface area contributed by atoms with Crippen molar-refractivity contribution in [1.82, 2.24) is 15.5 Å². The maximum atomic E-state index is 4.94. The van der Waals surface area contributed by atoms with Crippen LogP contribution in [0.15, 0.2) is 22.7 Å². The van der Waals surface area contributed by atoms with E-state index in [-0.39, 0.29) is 6.04 Å². The number of aryl methyl sites for hydroxylation is 3. The summed E-state index contributed by atoms with van der Waals surface area (Å²) in [5, 5.41) is 7.28. The molecule has 4 nitrogen and oxygen atoms in total. The van der Waals surface area contributed by atoms with E-state index in [1.807, 2.05) is 0 Å². The normalized spacial score (nSPS) is 12.7. The maximum Gasteiger partial charge on any atom is 0.223 e. The van der Waals surface area contributed by atoms with Gasteiger partial charge in [0.25, 0.3) is 0 Å². The van der Waals surface area contributed by atoms with E-state index in [2.05, 4.69) is 54.4 Å². The van der Waals surface area contributed by atoms with Crippen LogP contribution in [-0.2, 0) is 6.54 Å². The number of hydrogen-bond donors (Lipinski definition) is 1. The van der Waals surface area contributed by atoms with Crippen molar-refractivity contribution < 1.29 is 4.52 Å². The van der Waals surface area contributed by atoms with Crippen LogP contribution in [0.3, 0.4) is 0 Å². The number of benzene rings is 1. The third kappa shape index (κ3) is 2.96. The molecule has 1 unspecified atom stereocenters. The van der Waals surface area contributed by atoms with Gasteiger partial charge in [0.2, 0.25) is 5.89 Å². The molecule has 2 aromatic rings. The molecule has 0 saturated heterocycles. The van der Waals surface area contributed by atoms with E-state index < -0.39 is 0 Å². The summed E-state index contributed by atoms with van der Waals surface area (Å²) in [6.45, 7) is 8.80. The van der Waals surface area contributed by atoms with Gasteiger partial charge in [0.05, 0.1) is 6.54 Å². The molecule has 0 radical (unpaired) electrons. The number of nitrogens with one attached hydrogen (secondary N) is 1. The lowest BCUT2D eigenvalue weighted by Crippen LogP contribution is -2.19. The molecule has 1 aromatic carbocycles. The summed E-state index contributed by atoms with van der Waals surface area (Å²) in [4.78, 5) is 4.18. The zero-order valence-corrected chi connectivity index (χ0v) is 11.3. The lowest BCUT2D eigenvalue weighted by Gasteiger charge is -2.16. The van der Waals surface area contributed by atoms with Gasteiger partial charge in [-0.05, 0) is 31.9 Å². The standard InChI is InChI=1S/C14H19N3O/c1-9-5-6-10(2)13(7-9)11(3)15-8-14-16-12(4)18-17-14/h5-7,11,15H,8H2,1-4H3. The van der Waals surface area contributed by atoms with E-state index in [4.69, 9.17) is 4.52 Å². The first-order valence-corrected chi connectivity index (χ1v) is 6.16. The predicted octanol–water partition coefficient (Wildman–Crippen LogP) is 2.85. The molecular formula is C14H19N3O. The van der Waals surface area contributed by atoms with Crippen molar-refractivity contribution >= 4 is 0 Å². The van der Waals surface area contributed by atoms with E-state index in [9.17, 15) is 0 Å². The molecular weight excluding hydrogens is 226 g/mol. The van der Waals surface area contributed by atoms with Gasteiger partial charge in [-0.1, -0.05) is 28.9 Å². The molecule has 2 rings (SSSR count). The molecule has 0 aliphatic heterocycles. The van der Waals surface area contributed by atoms with Gasteiger partial charge >= 0.3 is 0 Å². The molecule has 1 N–H and O–H groups in total. The second kappa shape index (κ2) is 5.31. The van der Waals surface area contributed by atoms with E-state index in [1.165, 1.54) is 16.7 Å². The summed E-state index contributed by atoms with van der Waals surface area (Å²) in [7, 11) is 0. The molecule has 0 spiro atoms. The third-order valence-corrected chi connectivity index (χ3v) is 3.04. The minimum Gasteiger partial charge on any atom is -0.340 e. The van der Waals surface area contributed by atoms with Gasteiger partial charge in [-0.25, -0.2) is 0 Å². The Morgan fingerprint density at radius 2 is 2.06 bits per heavy atom. The summed E-state index contributed by atoms with van der Waals surface area (Å²) >= 11 is 0. The zero-order valence-electron chi connectivity index (χ0n) is 11.3. The van der Waals surface area contributed by atoms with Gasteiger partial charge in [0.15, 0.2) is 5.82 Å². The Balaban J connectivity index is 2.03. The summed E-state index contributed by atoms with van der Waals surface area (Å²) < 4.78 is 4.94. The van der Waals surface area contributed by atoms with E-state index >= 15 is 0 Å². The van der Waals surface area contributed by atoms with Crippen LogP contribution >= 0.6 is 0 Å². The molecule has 0 aliphatic rings. The smallest absolute Gasteiger partial charge is 0.223 e. The fourth-order valence-electron chi connectivity index (χ4n) is 1.99. The molecule has 1 heterocycles. The Kier molecular flexibility index (Phi) is 3.77. The Labute approximate surface area is 107 Å². The van der Waals surface area contributed by atoms with Gasteiger partial charge in [-0.2, -0.15) is 4.98 Å². The second-order valence-corrected chi connectivity index (χ2v) is 4.69. The number of nitrogens with zero attached hydrogens (tertiary/aromatic N) is 2. The Morgan fingerprint density at radius 1 is 1.28 bits per heavy atom. The lowest BCUT2D eigenvalue weighted by atomic mass is 10.00. The van der Waals surface area contributed by atoms with Crippen molar-refractivity contribution in [2.24, 2.45) is 0 Å². The van der Waals surface area contributed by atoms with Crippen LogP contribution in [0.2, 0.25) is 0 Å². The highest BCUT2D eigenvalue weighted by Crippen LogP contribution is 2.19. The van der Waals surface area contributed by atoms with Crippen molar-refractivity contribution in [3.63, 3.8) is 0 Å². The SMILES string of the molecule is Cc1ccc(C)c(C(C)NCc2noc(C)n2)c1. The highest BCUT2D eigenvalue weighted by atomic mass is 16.5. The fourth-order valence-corrected chi connectivity index (χ4v) is 1.99. The molecule has 0 aliphatic carbocycles. The van der Waals surface area contributed by atoms with Crippen LogP contribution in [-0.4, -0.2) is 10.1 Å².